The molecule has 0 radical (unpaired) electrons. The number of aliphatic hydroxyl groups excluding tert-OH is 4. The Labute approximate surface area is 315 Å². The normalized spacial score (nSPS) is 48.9. The van der Waals surface area contributed by atoms with E-state index in [1.165, 1.54) is 35.0 Å². The van der Waals surface area contributed by atoms with Gasteiger partial charge in [-0.15, -0.1) is 0 Å². The first-order valence-corrected chi connectivity index (χ1v) is 18.9. The molecule has 0 aromatic rings. The molecule has 0 aliphatic carbocycles. The summed E-state index contributed by atoms with van der Waals surface area (Å²) in [5.74, 6) is -5.10. The molecule has 15 heteroatoms. The van der Waals surface area contributed by atoms with Gasteiger partial charge in [-0.25, -0.2) is 0 Å². The Morgan fingerprint density at radius 1 is 0.849 bits per heavy atom. The lowest BCUT2D eigenvalue weighted by atomic mass is 9.73. The number of methoxy groups -OCH3 is 2. The van der Waals surface area contributed by atoms with Gasteiger partial charge in [-0.3, -0.25) is 9.59 Å². The smallest absolute Gasteiger partial charge is 0.311 e. The molecule has 3 aliphatic rings. The standard InChI is InChI=1S/C38H69NO14/c1-18-16-37(9,48-14)32(53-35-28(42)25(39(11)12)15-19(2)49-35)21(4)29(51-26-17-36(8,47-13)31(44)24(7)50-26)22(5)34(45)52-33(23(6)40)38(10,46)30(43)20(3)27(18)41/h18-26,28-33,35,40,42-44,46H,15-17H2,1-14H3/t18-,19-,20+,21+,22-,23+,24+,25+,26+,28-,29+,30-,31+,32-,33-,35+,36-,37-,38+/m1/s1. The number of aliphatic hydroxyl groups is 5. The number of rotatable bonds is 8. The third kappa shape index (κ3) is 9.80. The summed E-state index contributed by atoms with van der Waals surface area (Å²) in [7, 11) is 6.68. The van der Waals surface area contributed by atoms with Crippen molar-refractivity contribution in [2.45, 2.75) is 179 Å². The number of esters is 1. The number of cyclic esters (lactones) is 1. The maximum absolute atomic E-state index is 14.2. The predicted molar refractivity (Wildman–Crippen MR) is 192 cm³/mol. The van der Waals surface area contributed by atoms with Crippen molar-refractivity contribution in [3.05, 3.63) is 0 Å². The highest BCUT2D eigenvalue weighted by atomic mass is 16.7. The lowest BCUT2D eigenvalue weighted by molar-refractivity contribution is -0.319. The first kappa shape index (κ1) is 46.0. The Morgan fingerprint density at radius 3 is 1.96 bits per heavy atom. The molecule has 0 amide bonds. The fraction of sp³-hybridized carbons (Fsp3) is 0.947. The van der Waals surface area contributed by atoms with Crippen LogP contribution in [0.5, 0.6) is 0 Å². The van der Waals surface area contributed by atoms with Crippen LogP contribution in [0.4, 0.5) is 0 Å². The van der Waals surface area contributed by atoms with Crippen LogP contribution in [0, 0.1) is 23.7 Å². The molecule has 3 rings (SSSR count). The first-order chi connectivity index (χ1) is 24.4. The zero-order valence-corrected chi connectivity index (χ0v) is 34.2. The molecule has 15 nitrogen and oxygen atoms in total. The number of hydrogen-bond donors (Lipinski definition) is 5. The lowest BCUT2D eigenvalue weighted by Gasteiger charge is -2.50. The number of likely N-dealkylation sites (N-methyl/N-ethyl adjacent to an activating group) is 1. The van der Waals surface area contributed by atoms with E-state index in [4.69, 9.17) is 33.2 Å². The van der Waals surface area contributed by atoms with E-state index in [1.807, 2.05) is 25.9 Å². The van der Waals surface area contributed by atoms with Crippen molar-refractivity contribution >= 4 is 11.8 Å². The zero-order valence-electron chi connectivity index (χ0n) is 34.2. The molecule has 0 bridgehead atoms. The fourth-order valence-corrected chi connectivity index (χ4v) is 8.64. The van der Waals surface area contributed by atoms with Gasteiger partial charge < -0.3 is 63.6 Å². The predicted octanol–water partition coefficient (Wildman–Crippen LogP) is 1.41. The summed E-state index contributed by atoms with van der Waals surface area (Å²) in [6, 6.07) is -0.310. The highest BCUT2D eigenvalue weighted by Gasteiger charge is 2.54. The van der Waals surface area contributed by atoms with Crippen molar-refractivity contribution in [3.8, 4) is 0 Å². The molecule has 3 saturated heterocycles. The molecule has 0 aromatic heterocycles. The van der Waals surface area contributed by atoms with Gasteiger partial charge >= 0.3 is 5.97 Å². The minimum Gasteiger partial charge on any atom is -0.456 e. The largest absolute Gasteiger partial charge is 0.456 e. The van der Waals surface area contributed by atoms with Crippen molar-refractivity contribution in [1.82, 2.24) is 4.90 Å². The quantitative estimate of drug-likeness (QED) is 0.222. The zero-order chi connectivity index (χ0) is 40.5. The number of ether oxygens (including phenoxy) is 7. The Kier molecular flexibility index (Phi) is 15.5. The number of ketones is 1. The Hall–Kier alpha value is -1.34. The molecule has 0 spiro atoms. The van der Waals surface area contributed by atoms with E-state index in [9.17, 15) is 35.1 Å². The molecule has 5 N–H and O–H groups in total. The lowest BCUT2D eigenvalue weighted by Crippen LogP contribution is -2.62. The minimum atomic E-state index is -2.24. The van der Waals surface area contributed by atoms with Crippen molar-refractivity contribution < 1.29 is 68.3 Å². The summed E-state index contributed by atoms with van der Waals surface area (Å²) < 4.78 is 43.6. The summed E-state index contributed by atoms with van der Waals surface area (Å²) >= 11 is 0. The maximum atomic E-state index is 14.2. The van der Waals surface area contributed by atoms with E-state index in [0.29, 0.717) is 6.42 Å². The highest BCUT2D eigenvalue weighted by Crippen LogP contribution is 2.42. The molecule has 53 heavy (non-hydrogen) atoms. The molecule has 3 fully saturated rings. The topological polar surface area (TPSA) is 203 Å². The van der Waals surface area contributed by atoms with E-state index in [0.717, 1.165) is 0 Å². The summed E-state index contributed by atoms with van der Waals surface area (Å²) in [5.41, 5.74) is -4.61. The van der Waals surface area contributed by atoms with Gasteiger partial charge in [-0.05, 0) is 75.4 Å². The van der Waals surface area contributed by atoms with Gasteiger partial charge in [0.1, 0.15) is 23.6 Å². The van der Waals surface area contributed by atoms with Crippen molar-refractivity contribution in [2.75, 3.05) is 28.3 Å². The molecular weight excluding hydrogens is 694 g/mol. The molecule has 3 aliphatic heterocycles. The Bertz CT molecular complexity index is 1220. The molecule has 0 aromatic carbocycles. The van der Waals surface area contributed by atoms with Gasteiger partial charge in [-0.2, -0.15) is 0 Å². The van der Waals surface area contributed by atoms with E-state index in [-0.39, 0.29) is 25.0 Å². The first-order valence-electron chi connectivity index (χ1n) is 18.9. The summed E-state index contributed by atoms with van der Waals surface area (Å²) in [4.78, 5) is 30.1. The van der Waals surface area contributed by atoms with Gasteiger partial charge in [0.2, 0.25) is 0 Å². The summed E-state index contributed by atoms with van der Waals surface area (Å²) in [6.07, 6.45) is -11.5. The van der Waals surface area contributed by atoms with Crippen LogP contribution in [-0.4, -0.2) is 161 Å². The SMILES string of the molecule is CO[C@]1(C)C[C@@H](C)C(=O)[C@H](C)[C@@H](O)[C@](C)(O)[C@@H]([C@H](C)O)OC(=O)[C@H](C)[C@@H](O[C@H]2C[C@@](C)(OC)[C@@H](O)[C@H](C)O2)[C@H](C)[C@H]1O[C@@H]1O[C@H](C)C[C@H](N(C)C)[C@H]1O. The van der Waals surface area contributed by atoms with Crippen LogP contribution >= 0.6 is 0 Å². The summed E-state index contributed by atoms with van der Waals surface area (Å²) in [6.45, 7) is 16.1. The third-order valence-electron chi connectivity index (χ3n) is 12.2. The monoisotopic (exact) mass is 763 g/mol. The molecule has 0 saturated carbocycles. The van der Waals surface area contributed by atoms with Crippen LogP contribution in [0.15, 0.2) is 0 Å². The average molecular weight is 764 g/mol. The van der Waals surface area contributed by atoms with Crippen LogP contribution < -0.4 is 0 Å². The van der Waals surface area contributed by atoms with Gasteiger partial charge in [0.15, 0.2) is 18.7 Å². The van der Waals surface area contributed by atoms with E-state index < -0.39 is 114 Å². The molecule has 3 heterocycles. The van der Waals surface area contributed by atoms with Gasteiger partial charge in [-0.1, -0.05) is 20.8 Å². The van der Waals surface area contributed by atoms with Gasteiger partial charge in [0, 0.05) is 44.4 Å². The molecule has 19 atom stereocenters. The maximum Gasteiger partial charge on any atom is 0.311 e. The fourth-order valence-electron chi connectivity index (χ4n) is 8.64. The number of nitrogens with zero attached hydrogens (tertiary/aromatic N) is 1. The average Bonchev–Trinajstić information content (AvgIpc) is 3.09. The number of Topliss-reactive ketones (excluding diaryl/α,β-unsaturated/α-hetero) is 1. The van der Waals surface area contributed by atoms with Gasteiger partial charge in [0.05, 0.1) is 53.7 Å². The third-order valence-corrected chi connectivity index (χ3v) is 12.2. The molecule has 310 valence electrons. The van der Waals surface area contributed by atoms with Crippen LogP contribution in [0.1, 0.15) is 88.5 Å². The van der Waals surface area contributed by atoms with Gasteiger partial charge in [0.25, 0.3) is 0 Å². The molecule has 0 unspecified atom stereocenters. The number of hydrogen-bond acceptors (Lipinski definition) is 15. The Balaban J connectivity index is 2.24. The van der Waals surface area contributed by atoms with Crippen LogP contribution in [0.2, 0.25) is 0 Å². The van der Waals surface area contributed by atoms with Crippen LogP contribution in [-0.2, 0) is 42.7 Å². The number of carbonyl (C=O) groups is 2. The Morgan fingerprint density at radius 2 is 1.43 bits per heavy atom. The molecular formula is C38H69NO14. The number of carbonyl (C=O) groups excluding carboxylic acids is 2. The van der Waals surface area contributed by atoms with Crippen LogP contribution in [0.3, 0.4) is 0 Å². The van der Waals surface area contributed by atoms with Crippen molar-refractivity contribution in [1.29, 1.82) is 0 Å². The highest BCUT2D eigenvalue weighted by molar-refractivity contribution is 5.83. The minimum absolute atomic E-state index is 0.0578. The second kappa shape index (κ2) is 17.9. The van der Waals surface area contributed by atoms with Crippen LogP contribution in [0.25, 0.3) is 0 Å². The van der Waals surface area contributed by atoms with E-state index >= 15 is 0 Å². The second-order valence-corrected chi connectivity index (χ2v) is 16.9. The second-order valence-electron chi connectivity index (χ2n) is 16.9. The van der Waals surface area contributed by atoms with E-state index in [2.05, 4.69) is 0 Å². The van der Waals surface area contributed by atoms with E-state index in [1.54, 1.807) is 41.5 Å². The van der Waals surface area contributed by atoms with Crippen molar-refractivity contribution in [3.63, 3.8) is 0 Å². The van der Waals surface area contributed by atoms with Crippen molar-refractivity contribution in [2.24, 2.45) is 23.7 Å². The summed E-state index contributed by atoms with van der Waals surface area (Å²) in [5, 5.41) is 56.4.